The molecule has 1 unspecified atom stereocenters. The second kappa shape index (κ2) is 7.50. The Labute approximate surface area is 116 Å². The van der Waals surface area contributed by atoms with Crippen LogP contribution in [-0.4, -0.2) is 43.1 Å². The summed E-state index contributed by atoms with van der Waals surface area (Å²) in [5.41, 5.74) is 8.46. The third-order valence-corrected chi connectivity index (χ3v) is 3.51. The van der Waals surface area contributed by atoms with Gasteiger partial charge in [-0.2, -0.15) is 5.10 Å². The van der Waals surface area contributed by atoms with E-state index in [1.807, 2.05) is 11.7 Å². The van der Waals surface area contributed by atoms with Crippen LogP contribution in [0, 0.1) is 6.92 Å². The number of methoxy groups -OCH3 is 1. The Morgan fingerprint density at radius 2 is 2.16 bits per heavy atom. The summed E-state index contributed by atoms with van der Waals surface area (Å²) in [6.45, 7) is 5.93. The molecule has 19 heavy (non-hydrogen) atoms. The summed E-state index contributed by atoms with van der Waals surface area (Å²) >= 11 is 0. The van der Waals surface area contributed by atoms with Crippen LogP contribution in [0.3, 0.4) is 0 Å². The largest absolute Gasteiger partial charge is 0.385 e. The normalized spacial score (nSPS) is 12.7. The van der Waals surface area contributed by atoms with Gasteiger partial charge in [-0.15, -0.1) is 0 Å². The summed E-state index contributed by atoms with van der Waals surface area (Å²) in [6.07, 6.45) is 2.89. The molecule has 0 spiro atoms. The summed E-state index contributed by atoms with van der Waals surface area (Å²) in [6, 6.07) is 0.203. The maximum absolute atomic E-state index is 6.10. The van der Waals surface area contributed by atoms with E-state index in [2.05, 4.69) is 30.9 Å². The number of aryl methyl sites for hydroxylation is 2. The Morgan fingerprint density at radius 3 is 2.74 bits per heavy atom. The topological polar surface area (TPSA) is 56.3 Å². The Morgan fingerprint density at radius 1 is 1.47 bits per heavy atom. The average molecular weight is 268 g/mol. The van der Waals surface area contributed by atoms with Crippen molar-refractivity contribution in [2.24, 2.45) is 12.8 Å². The second-order valence-corrected chi connectivity index (χ2v) is 5.15. The highest BCUT2D eigenvalue weighted by Crippen LogP contribution is 2.24. The molecule has 0 saturated heterocycles. The Kier molecular flexibility index (Phi) is 6.31. The minimum atomic E-state index is 0.203. The molecule has 1 heterocycles. The summed E-state index contributed by atoms with van der Waals surface area (Å²) < 4.78 is 7.06. The molecule has 0 saturated carbocycles. The molecule has 0 amide bonds. The number of anilines is 1. The molecule has 110 valence electrons. The molecule has 0 fully saturated rings. The lowest BCUT2D eigenvalue weighted by Gasteiger charge is -2.22. The first kappa shape index (κ1) is 16.0. The van der Waals surface area contributed by atoms with Gasteiger partial charge in [-0.05, 0) is 26.2 Å². The fraction of sp³-hybridized carbons (Fsp3) is 0.786. The van der Waals surface area contributed by atoms with Crippen molar-refractivity contribution in [1.29, 1.82) is 0 Å². The van der Waals surface area contributed by atoms with E-state index in [1.54, 1.807) is 7.11 Å². The summed E-state index contributed by atoms with van der Waals surface area (Å²) in [4.78, 5) is 2.25. The van der Waals surface area contributed by atoms with Crippen molar-refractivity contribution < 1.29 is 4.74 Å². The van der Waals surface area contributed by atoms with Crippen molar-refractivity contribution in [2.45, 2.75) is 39.2 Å². The molecule has 0 radical (unpaired) electrons. The van der Waals surface area contributed by atoms with Gasteiger partial charge in [-0.1, -0.05) is 6.92 Å². The molecular formula is C14H28N4O. The highest BCUT2D eigenvalue weighted by atomic mass is 16.5. The zero-order chi connectivity index (χ0) is 14.4. The number of hydrogen-bond acceptors (Lipinski definition) is 4. The van der Waals surface area contributed by atoms with Crippen molar-refractivity contribution in [3.63, 3.8) is 0 Å². The second-order valence-electron chi connectivity index (χ2n) is 5.15. The molecule has 1 rings (SSSR count). The number of nitrogens with zero attached hydrogens (tertiary/aromatic N) is 3. The summed E-state index contributed by atoms with van der Waals surface area (Å²) in [7, 11) is 5.84. The quantitative estimate of drug-likeness (QED) is 0.726. The maximum Gasteiger partial charge on any atom is 0.129 e. The Bertz CT molecular complexity index is 389. The molecule has 0 aliphatic heterocycles. The fourth-order valence-corrected chi connectivity index (χ4v) is 2.36. The van der Waals surface area contributed by atoms with Gasteiger partial charge in [0.25, 0.3) is 0 Å². The number of nitrogens with two attached hydrogens (primary N) is 1. The standard InChI is InChI=1S/C14H28N4O/c1-6-12(15)10-13-11(2)16-18(4)14(13)17(3)8-7-9-19-5/h12H,6-10,15H2,1-5H3. The zero-order valence-electron chi connectivity index (χ0n) is 12.9. The van der Waals surface area contributed by atoms with E-state index in [0.29, 0.717) is 0 Å². The number of ether oxygens (including phenoxy) is 1. The first-order chi connectivity index (χ1) is 9.01. The van der Waals surface area contributed by atoms with E-state index >= 15 is 0 Å². The Hall–Kier alpha value is -1.07. The summed E-state index contributed by atoms with van der Waals surface area (Å²) in [5.74, 6) is 1.18. The molecule has 0 aliphatic carbocycles. The van der Waals surface area contributed by atoms with E-state index in [0.717, 1.165) is 38.1 Å². The predicted molar refractivity (Wildman–Crippen MR) is 79.7 cm³/mol. The van der Waals surface area contributed by atoms with Gasteiger partial charge < -0.3 is 15.4 Å². The van der Waals surface area contributed by atoms with Crippen molar-refractivity contribution in [3.05, 3.63) is 11.3 Å². The molecule has 0 aromatic carbocycles. The molecule has 0 aliphatic rings. The molecule has 5 heteroatoms. The van der Waals surface area contributed by atoms with Crippen molar-refractivity contribution >= 4 is 5.82 Å². The van der Waals surface area contributed by atoms with Gasteiger partial charge in [0.05, 0.1) is 5.69 Å². The average Bonchev–Trinajstić information content (AvgIpc) is 2.64. The van der Waals surface area contributed by atoms with Crippen LogP contribution in [-0.2, 0) is 18.2 Å². The SMILES string of the molecule is CCC(N)Cc1c(C)nn(C)c1N(C)CCCOC. The third kappa shape index (κ3) is 4.21. The highest BCUT2D eigenvalue weighted by molar-refractivity contribution is 5.50. The minimum Gasteiger partial charge on any atom is -0.385 e. The van der Waals surface area contributed by atoms with Crippen LogP contribution in [0.4, 0.5) is 5.82 Å². The van der Waals surface area contributed by atoms with E-state index < -0.39 is 0 Å². The van der Waals surface area contributed by atoms with E-state index in [1.165, 1.54) is 11.4 Å². The maximum atomic E-state index is 6.10. The van der Waals surface area contributed by atoms with Crippen LogP contribution in [0.5, 0.6) is 0 Å². The zero-order valence-corrected chi connectivity index (χ0v) is 12.9. The lowest BCUT2D eigenvalue weighted by atomic mass is 10.0. The van der Waals surface area contributed by atoms with Crippen LogP contribution in [0.25, 0.3) is 0 Å². The smallest absolute Gasteiger partial charge is 0.129 e. The van der Waals surface area contributed by atoms with Crippen LogP contribution >= 0.6 is 0 Å². The predicted octanol–water partition coefficient (Wildman–Crippen LogP) is 1.48. The molecule has 1 aromatic rings. The summed E-state index contributed by atoms with van der Waals surface area (Å²) in [5, 5.41) is 4.54. The van der Waals surface area contributed by atoms with Gasteiger partial charge in [0.2, 0.25) is 0 Å². The first-order valence-corrected chi connectivity index (χ1v) is 6.99. The van der Waals surface area contributed by atoms with Gasteiger partial charge >= 0.3 is 0 Å². The van der Waals surface area contributed by atoms with Crippen LogP contribution < -0.4 is 10.6 Å². The fourth-order valence-electron chi connectivity index (χ4n) is 2.36. The highest BCUT2D eigenvalue weighted by Gasteiger charge is 2.18. The molecule has 2 N–H and O–H groups in total. The number of rotatable bonds is 8. The van der Waals surface area contributed by atoms with Gasteiger partial charge in [0.15, 0.2) is 0 Å². The van der Waals surface area contributed by atoms with Crippen LogP contribution in [0.15, 0.2) is 0 Å². The monoisotopic (exact) mass is 268 g/mol. The van der Waals surface area contributed by atoms with Gasteiger partial charge in [0.1, 0.15) is 5.82 Å². The first-order valence-electron chi connectivity index (χ1n) is 6.99. The third-order valence-electron chi connectivity index (χ3n) is 3.51. The van der Waals surface area contributed by atoms with Crippen LogP contribution in [0.1, 0.15) is 31.0 Å². The van der Waals surface area contributed by atoms with E-state index in [9.17, 15) is 0 Å². The van der Waals surface area contributed by atoms with Crippen LogP contribution in [0.2, 0.25) is 0 Å². The molecule has 1 aromatic heterocycles. The lowest BCUT2D eigenvalue weighted by molar-refractivity contribution is 0.196. The van der Waals surface area contributed by atoms with Crippen molar-refractivity contribution in [1.82, 2.24) is 9.78 Å². The van der Waals surface area contributed by atoms with E-state index in [4.69, 9.17) is 10.5 Å². The molecule has 0 bridgehead atoms. The Balaban J connectivity index is 2.85. The molecular weight excluding hydrogens is 240 g/mol. The lowest BCUT2D eigenvalue weighted by Crippen LogP contribution is -2.26. The molecule has 1 atom stereocenters. The molecule has 5 nitrogen and oxygen atoms in total. The van der Waals surface area contributed by atoms with Gasteiger partial charge in [0, 0.05) is 46.0 Å². The minimum absolute atomic E-state index is 0.203. The van der Waals surface area contributed by atoms with Gasteiger partial charge in [-0.3, -0.25) is 4.68 Å². The number of hydrogen-bond donors (Lipinski definition) is 1. The van der Waals surface area contributed by atoms with Crippen molar-refractivity contribution in [3.8, 4) is 0 Å². The number of aromatic nitrogens is 2. The van der Waals surface area contributed by atoms with Gasteiger partial charge in [-0.25, -0.2) is 0 Å². The van der Waals surface area contributed by atoms with Crippen molar-refractivity contribution in [2.75, 3.05) is 32.2 Å². The van der Waals surface area contributed by atoms with E-state index in [-0.39, 0.29) is 6.04 Å².